The highest BCUT2D eigenvalue weighted by atomic mass is 32.2. The third-order valence-electron chi connectivity index (χ3n) is 3.57. The van der Waals surface area contributed by atoms with Gasteiger partial charge in [0.05, 0.1) is 0 Å². The van der Waals surface area contributed by atoms with Gasteiger partial charge in [0, 0.05) is 41.5 Å². The Morgan fingerprint density at radius 2 is 1.00 bits per heavy atom. The number of carbonyl (C=O) groups is 6. The first-order valence-electron chi connectivity index (χ1n) is 9.89. The molecule has 0 aromatic heterocycles. The summed E-state index contributed by atoms with van der Waals surface area (Å²) in [6, 6.07) is 0. The third-order valence-corrected chi connectivity index (χ3v) is 4.60. The van der Waals surface area contributed by atoms with E-state index in [4.69, 9.17) is 28.4 Å². The number of ether oxygens (including phenoxy) is 6. The molecule has 33 heavy (non-hydrogen) atoms. The van der Waals surface area contributed by atoms with Crippen LogP contribution in [0.15, 0.2) is 0 Å². The second-order valence-corrected chi connectivity index (χ2v) is 7.98. The van der Waals surface area contributed by atoms with Gasteiger partial charge in [0.2, 0.25) is 0 Å². The Labute approximate surface area is 195 Å². The lowest BCUT2D eigenvalue weighted by molar-refractivity contribution is -0.208. The predicted octanol–water partition coefficient (Wildman–Crippen LogP) is 0.919. The molecule has 0 rings (SSSR count). The highest BCUT2D eigenvalue weighted by Crippen LogP contribution is 2.28. The normalized spacial score (nSPS) is 15.0. The SMILES string of the molecule is CCSC(OC(C)=O)[C@@H](OC(C)=O)[C@H](OC(C)=O)[C@H](OC(C)=O)[C@H](COC(C)=O)OC(C)=O. The van der Waals surface area contributed by atoms with Gasteiger partial charge in [0.25, 0.3) is 0 Å². The first-order valence-corrected chi connectivity index (χ1v) is 10.9. The molecule has 0 spiro atoms. The Hall–Kier alpha value is -2.83. The maximum atomic E-state index is 11.9. The summed E-state index contributed by atoms with van der Waals surface area (Å²) in [4.78, 5) is 70.4. The van der Waals surface area contributed by atoms with Crippen LogP contribution in [0.3, 0.4) is 0 Å². The number of hydrogen-bond acceptors (Lipinski definition) is 13. The molecule has 188 valence electrons. The third kappa shape index (κ3) is 12.7. The zero-order valence-electron chi connectivity index (χ0n) is 19.6. The van der Waals surface area contributed by atoms with Crippen molar-refractivity contribution in [2.75, 3.05) is 12.4 Å². The van der Waals surface area contributed by atoms with Crippen molar-refractivity contribution >= 4 is 47.6 Å². The van der Waals surface area contributed by atoms with Gasteiger partial charge in [-0.3, -0.25) is 28.8 Å². The minimum absolute atomic E-state index is 0.390. The van der Waals surface area contributed by atoms with E-state index in [0.29, 0.717) is 5.75 Å². The van der Waals surface area contributed by atoms with Crippen LogP contribution >= 0.6 is 11.8 Å². The van der Waals surface area contributed by atoms with Gasteiger partial charge in [0.1, 0.15) is 6.61 Å². The van der Waals surface area contributed by atoms with Gasteiger partial charge in [0.15, 0.2) is 29.9 Å². The first kappa shape index (κ1) is 30.2. The van der Waals surface area contributed by atoms with Crippen LogP contribution < -0.4 is 0 Å². The Balaban J connectivity index is 6.63. The lowest BCUT2D eigenvalue weighted by atomic mass is 10.0. The zero-order chi connectivity index (χ0) is 25.7. The minimum atomic E-state index is -1.61. The molecule has 0 saturated carbocycles. The van der Waals surface area contributed by atoms with Crippen LogP contribution in [0.25, 0.3) is 0 Å². The molecule has 13 heteroatoms. The summed E-state index contributed by atoms with van der Waals surface area (Å²) < 4.78 is 31.2. The molecule has 12 nitrogen and oxygen atoms in total. The van der Waals surface area contributed by atoms with E-state index in [1.54, 1.807) is 6.92 Å². The van der Waals surface area contributed by atoms with Crippen LogP contribution in [0.1, 0.15) is 48.5 Å². The lowest BCUT2D eigenvalue weighted by Crippen LogP contribution is -2.56. The van der Waals surface area contributed by atoms with E-state index in [9.17, 15) is 28.8 Å². The van der Waals surface area contributed by atoms with Crippen LogP contribution in [0, 0.1) is 0 Å². The average Bonchev–Trinajstić information content (AvgIpc) is 2.64. The van der Waals surface area contributed by atoms with Crippen LogP contribution in [-0.2, 0) is 57.2 Å². The van der Waals surface area contributed by atoms with E-state index in [1.165, 1.54) is 0 Å². The number of thioether (sulfide) groups is 1. The van der Waals surface area contributed by atoms with Gasteiger partial charge in [-0.2, -0.15) is 0 Å². The molecule has 0 aliphatic rings. The summed E-state index contributed by atoms with van der Waals surface area (Å²) in [5.41, 5.74) is -1.19. The van der Waals surface area contributed by atoms with Gasteiger partial charge in [-0.15, -0.1) is 11.8 Å². The van der Waals surface area contributed by atoms with E-state index in [2.05, 4.69) is 0 Å². The van der Waals surface area contributed by atoms with Crippen molar-refractivity contribution in [1.82, 2.24) is 0 Å². The summed E-state index contributed by atoms with van der Waals surface area (Å²) in [6.07, 6.45) is -6.16. The van der Waals surface area contributed by atoms with Gasteiger partial charge in [-0.1, -0.05) is 6.92 Å². The minimum Gasteiger partial charge on any atom is -0.462 e. The Bertz CT molecular complexity index is 722. The Morgan fingerprint density at radius 1 is 0.576 bits per heavy atom. The monoisotopic (exact) mass is 494 g/mol. The smallest absolute Gasteiger partial charge is 0.303 e. The summed E-state index contributed by atoms with van der Waals surface area (Å²) in [5, 5.41) is 0. The van der Waals surface area contributed by atoms with Crippen LogP contribution in [-0.4, -0.2) is 78.0 Å². The fraction of sp³-hybridized carbons (Fsp3) is 0.700. The fourth-order valence-corrected chi connectivity index (χ4v) is 3.59. The Morgan fingerprint density at radius 3 is 1.39 bits per heavy atom. The summed E-state index contributed by atoms with van der Waals surface area (Å²) >= 11 is 1.05. The topological polar surface area (TPSA) is 158 Å². The molecule has 0 aliphatic carbocycles. The molecular formula is C20H30O12S. The molecular weight excluding hydrogens is 464 g/mol. The molecule has 0 aromatic carbocycles. The number of rotatable bonds is 13. The predicted molar refractivity (Wildman–Crippen MR) is 113 cm³/mol. The van der Waals surface area contributed by atoms with E-state index in [0.717, 1.165) is 53.3 Å². The number of hydrogen-bond donors (Lipinski definition) is 0. The van der Waals surface area contributed by atoms with Crippen molar-refractivity contribution in [1.29, 1.82) is 0 Å². The van der Waals surface area contributed by atoms with Crippen molar-refractivity contribution in [3.63, 3.8) is 0 Å². The summed E-state index contributed by atoms with van der Waals surface area (Å²) in [7, 11) is 0. The molecule has 0 N–H and O–H groups in total. The van der Waals surface area contributed by atoms with E-state index < -0.39 is 72.3 Å². The van der Waals surface area contributed by atoms with Crippen molar-refractivity contribution in [2.45, 2.75) is 78.3 Å². The lowest BCUT2D eigenvalue weighted by Gasteiger charge is -2.37. The zero-order valence-corrected chi connectivity index (χ0v) is 20.4. The number of carbonyl (C=O) groups excluding carboxylic acids is 6. The average molecular weight is 495 g/mol. The second-order valence-electron chi connectivity index (χ2n) is 6.61. The second kappa shape index (κ2) is 15.1. The largest absolute Gasteiger partial charge is 0.462 e. The summed E-state index contributed by atoms with van der Waals surface area (Å²) in [5.74, 6) is -4.45. The first-order chi connectivity index (χ1) is 15.3. The molecule has 5 atom stereocenters. The molecule has 0 saturated heterocycles. The standard InChI is InChI=1S/C20H30O12S/c1-8-33-20(32-15(7)26)19(31-14(6)25)18(30-13(5)24)17(29-12(4)23)16(28-11(3)22)9-27-10(2)21/h16-20H,8-9H2,1-7H3/t16-,17+,18+,19-,20?/m0/s1. The van der Waals surface area contributed by atoms with Crippen molar-refractivity contribution in [2.24, 2.45) is 0 Å². The van der Waals surface area contributed by atoms with Crippen LogP contribution in [0.5, 0.6) is 0 Å². The molecule has 0 aliphatic heterocycles. The van der Waals surface area contributed by atoms with Gasteiger partial charge < -0.3 is 28.4 Å². The van der Waals surface area contributed by atoms with E-state index in [-0.39, 0.29) is 0 Å². The molecule has 0 radical (unpaired) electrons. The quantitative estimate of drug-likeness (QED) is 0.202. The highest BCUT2D eigenvalue weighted by molar-refractivity contribution is 7.99. The van der Waals surface area contributed by atoms with Crippen molar-refractivity contribution in [3.05, 3.63) is 0 Å². The Kier molecular flexibility index (Phi) is 13.8. The van der Waals surface area contributed by atoms with E-state index in [1.807, 2.05) is 0 Å². The fourth-order valence-electron chi connectivity index (χ4n) is 2.66. The molecule has 0 aromatic rings. The van der Waals surface area contributed by atoms with Crippen molar-refractivity contribution < 1.29 is 57.2 Å². The molecule has 0 amide bonds. The molecule has 0 heterocycles. The van der Waals surface area contributed by atoms with Crippen LogP contribution in [0.2, 0.25) is 0 Å². The van der Waals surface area contributed by atoms with Gasteiger partial charge >= 0.3 is 35.8 Å². The maximum absolute atomic E-state index is 11.9. The highest BCUT2D eigenvalue weighted by Gasteiger charge is 2.48. The summed E-state index contributed by atoms with van der Waals surface area (Å²) in [6.45, 7) is 7.61. The molecule has 0 fully saturated rings. The van der Waals surface area contributed by atoms with Crippen LogP contribution in [0.4, 0.5) is 0 Å². The molecule has 0 bridgehead atoms. The molecule has 1 unspecified atom stereocenters. The van der Waals surface area contributed by atoms with E-state index >= 15 is 0 Å². The van der Waals surface area contributed by atoms with Crippen molar-refractivity contribution in [3.8, 4) is 0 Å². The maximum Gasteiger partial charge on any atom is 0.303 e. The number of esters is 6. The van der Waals surface area contributed by atoms with Gasteiger partial charge in [-0.25, -0.2) is 0 Å². The van der Waals surface area contributed by atoms with Gasteiger partial charge in [-0.05, 0) is 5.75 Å².